The molecule has 6 nitrogen and oxygen atoms in total. The summed E-state index contributed by atoms with van der Waals surface area (Å²) in [6, 6.07) is 17.5. The number of benzene rings is 2. The minimum absolute atomic E-state index is 0.222. The molecule has 1 amide bonds. The van der Waals surface area contributed by atoms with Gasteiger partial charge in [0.05, 0.1) is 17.5 Å². The Balaban J connectivity index is 1.51. The van der Waals surface area contributed by atoms with Crippen LogP contribution in [0.5, 0.6) is 5.75 Å². The number of aryl methyl sites for hydroxylation is 1. The third-order valence-corrected chi connectivity index (χ3v) is 5.29. The number of carbonyl (C=O) groups is 1. The number of rotatable bonds is 6. The Kier molecular flexibility index (Phi) is 5.74. The molecule has 3 aromatic rings. The van der Waals surface area contributed by atoms with Gasteiger partial charge in [-0.15, -0.1) is 0 Å². The van der Waals surface area contributed by atoms with E-state index in [-0.39, 0.29) is 6.10 Å². The van der Waals surface area contributed by atoms with Crippen molar-refractivity contribution in [2.45, 2.75) is 38.4 Å². The molecule has 1 aliphatic rings. The van der Waals surface area contributed by atoms with E-state index >= 15 is 0 Å². The molecule has 2 aromatic carbocycles. The third kappa shape index (κ3) is 4.23. The molecule has 6 heteroatoms. The van der Waals surface area contributed by atoms with Crippen LogP contribution in [0.25, 0.3) is 10.9 Å². The Morgan fingerprint density at radius 3 is 2.79 bits per heavy atom. The molecule has 0 spiro atoms. The first kappa shape index (κ1) is 19.4. The molecule has 0 radical (unpaired) electrons. The molecule has 1 aromatic heterocycles. The molecular weight excluding hydrogens is 368 g/mol. The van der Waals surface area contributed by atoms with Crippen LogP contribution in [-0.4, -0.2) is 28.8 Å². The zero-order valence-electron chi connectivity index (χ0n) is 16.3. The number of hydrogen-bond donors (Lipinski definition) is 2. The van der Waals surface area contributed by atoms with Gasteiger partial charge in [-0.3, -0.25) is 15.0 Å². The molecule has 2 atom stereocenters. The van der Waals surface area contributed by atoms with Crippen LogP contribution in [0.4, 0.5) is 0 Å². The van der Waals surface area contributed by atoms with Crippen molar-refractivity contribution in [1.82, 2.24) is 10.5 Å². The number of para-hydroxylation sites is 1. The zero-order chi connectivity index (χ0) is 20.2. The van der Waals surface area contributed by atoms with E-state index in [9.17, 15) is 4.79 Å². The van der Waals surface area contributed by atoms with Crippen LogP contribution in [0.15, 0.2) is 54.6 Å². The van der Waals surface area contributed by atoms with E-state index in [0.29, 0.717) is 19.0 Å². The van der Waals surface area contributed by atoms with E-state index in [0.717, 1.165) is 40.6 Å². The van der Waals surface area contributed by atoms with Crippen LogP contribution in [0, 0.1) is 6.92 Å². The number of nitrogens with zero attached hydrogens (tertiary/aromatic N) is 1. The number of fused-ring (bicyclic) bond motifs is 1. The van der Waals surface area contributed by atoms with Gasteiger partial charge in [-0.25, -0.2) is 5.48 Å². The monoisotopic (exact) mass is 392 g/mol. The van der Waals surface area contributed by atoms with Crippen molar-refractivity contribution < 1.29 is 19.5 Å². The van der Waals surface area contributed by atoms with Gasteiger partial charge in [0, 0.05) is 23.3 Å². The molecule has 2 N–H and O–H groups in total. The highest BCUT2D eigenvalue weighted by Gasteiger charge is 2.33. The fourth-order valence-corrected chi connectivity index (χ4v) is 3.92. The lowest BCUT2D eigenvalue weighted by Crippen LogP contribution is -2.34. The quantitative estimate of drug-likeness (QED) is 0.491. The summed E-state index contributed by atoms with van der Waals surface area (Å²) in [7, 11) is 0. The molecular formula is C23H24N2O4. The molecule has 2 unspecified atom stereocenters. The summed E-state index contributed by atoms with van der Waals surface area (Å²) in [5.74, 6) is -0.282. The third-order valence-electron chi connectivity index (χ3n) is 5.29. The Morgan fingerprint density at radius 1 is 1.28 bits per heavy atom. The van der Waals surface area contributed by atoms with Crippen molar-refractivity contribution in [3.05, 3.63) is 71.4 Å². The van der Waals surface area contributed by atoms with Gasteiger partial charge in [0.15, 0.2) is 0 Å². The van der Waals surface area contributed by atoms with Crippen LogP contribution in [0.1, 0.15) is 35.6 Å². The van der Waals surface area contributed by atoms with Crippen molar-refractivity contribution in [3.63, 3.8) is 0 Å². The fraction of sp³-hybridized carbons (Fsp3) is 0.304. The summed E-state index contributed by atoms with van der Waals surface area (Å²) >= 11 is 0. The van der Waals surface area contributed by atoms with Crippen molar-refractivity contribution in [1.29, 1.82) is 0 Å². The number of ether oxygens (including phenoxy) is 2. The summed E-state index contributed by atoms with van der Waals surface area (Å²) in [5, 5.41) is 10.2. The molecule has 29 heavy (non-hydrogen) atoms. The van der Waals surface area contributed by atoms with Crippen LogP contribution >= 0.6 is 0 Å². The fourth-order valence-electron chi connectivity index (χ4n) is 3.92. The standard InChI is InChI=1S/C23H24N2O4/c1-15-13-17(19-5-2-3-6-20(19)24-15)14-29-18-10-8-16(9-11-18)22(23(26)25-27)21-7-4-12-28-21/h2-3,5-6,8-11,13,21-22,27H,4,7,12,14H2,1H3,(H,25,26). The molecule has 0 saturated carbocycles. The molecule has 0 bridgehead atoms. The predicted molar refractivity (Wildman–Crippen MR) is 109 cm³/mol. The number of aromatic nitrogens is 1. The highest BCUT2D eigenvalue weighted by Crippen LogP contribution is 2.30. The van der Waals surface area contributed by atoms with Gasteiger partial charge < -0.3 is 9.47 Å². The van der Waals surface area contributed by atoms with Gasteiger partial charge in [-0.05, 0) is 49.6 Å². The van der Waals surface area contributed by atoms with Gasteiger partial charge in [0.25, 0.3) is 5.91 Å². The first-order valence-electron chi connectivity index (χ1n) is 9.79. The topological polar surface area (TPSA) is 80.7 Å². The lowest BCUT2D eigenvalue weighted by Gasteiger charge is -2.21. The average Bonchev–Trinajstić information content (AvgIpc) is 3.27. The van der Waals surface area contributed by atoms with Crippen molar-refractivity contribution in [2.75, 3.05) is 6.61 Å². The number of hydrogen-bond acceptors (Lipinski definition) is 5. The molecule has 4 rings (SSSR count). The van der Waals surface area contributed by atoms with Gasteiger partial charge in [-0.1, -0.05) is 30.3 Å². The van der Waals surface area contributed by atoms with Crippen LogP contribution < -0.4 is 10.2 Å². The van der Waals surface area contributed by atoms with Crippen LogP contribution in [-0.2, 0) is 16.1 Å². The SMILES string of the molecule is Cc1cc(COc2ccc(C(C(=O)NO)C3CCCO3)cc2)c2ccccc2n1. The summed E-state index contributed by atoms with van der Waals surface area (Å²) in [6.07, 6.45) is 1.49. The highest BCUT2D eigenvalue weighted by molar-refractivity contribution is 5.83. The maximum absolute atomic E-state index is 12.2. The molecule has 0 aliphatic carbocycles. The van der Waals surface area contributed by atoms with E-state index < -0.39 is 11.8 Å². The maximum atomic E-state index is 12.2. The average molecular weight is 392 g/mol. The summed E-state index contributed by atoms with van der Waals surface area (Å²) in [5.41, 5.74) is 5.54. The second-order valence-electron chi connectivity index (χ2n) is 7.30. The largest absolute Gasteiger partial charge is 0.489 e. The van der Waals surface area contributed by atoms with Gasteiger partial charge in [0.2, 0.25) is 0 Å². The Hall–Kier alpha value is -2.96. The second-order valence-corrected chi connectivity index (χ2v) is 7.30. The van der Waals surface area contributed by atoms with Gasteiger partial charge in [0.1, 0.15) is 12.4 Å². The number of hydroxylamine groups is 1. The smallest absolute Gasteiger partial charge is 0.253 e. The van der Waals surface area contributed by atoms with E-state index in [2.05, 4.69) is 4.98 Å². The van der Waals surface area contributed by atoms with Crippen molar-refractivity contribution in [2.24, 2.45) is 0 Å². The summed E-state index contributed by atoms with van der Waals surface area (Å²) < 4.78 is 11.7. The summed E-state index contributed by atoms with van der Waals surface area (Å²) in [6.45, 7) is 3.04. The van der Waals surface area contributed by atoms with E-state index in [1.54, 1.807) is 5.48 Å². The van der Waals surface area contributed by atoms with Crippen LogP contribution in [0.2, 0.25) is 0 Å². The lowest BCUT2D eigenvalue weighted by molar-refractivity contribution is -0.133. The predicted octanol–water partition coefficient (Wildman–Crippen LogP) is 3.89. The van der Waals surface area contributed by atoms with Gasteiger partial charge >= 0.3 is 0 Å². The Morgan fingerprint density at radius 2 is 2.07 bits per heavy atom. The number of carbonyl (C=O) groups excluding carboxylic acids is 1. The minimum atomic E-state index is -0.539. The van der Waals surface area contributed by atoms with E-state index in [4.69, 9.17) is 14.7 Å². The molecule has 2 heterocycles. The number of nitrogens with one attached hydrogen (secondary N) is 1. The zero-order valence-corrected chi connectivity index (χ0v) is 16.3. The number of pyridine rings is 1. The first-order chi connectivity index (χ1) is 14.2. The first-order valence-corrected chi connectivity index (χ1v) is 9.79. The minimum Gasteiger partial charge on any atom is -0.489 e. The highest BCUT2D eigenvalue weighted by atomic mass is 16.5. The Bertz CT molecular complexity index is 997. The van der Waals surface area contributed by atoms with E-state index in [1.165, 1.54) is 0 Å². The Labute approximate surface area is 169 Å². The van der Waals surface area contributed by atoms with Crippen molar-refractivity contribution in [3.8, 4) is 5.75 Å². The second kappa shape index (κ2) is 8.59. The molecule has 1 fully saturated rings. The molecule has 1 aliphatic heterocycles. The maximum Gasteiger partial charge on any atom is 0.253 e. The lowest BCUT2D eigenvalue weighted by atomic mass is 9.91. The summed E-state index contributed by atoms with van der Waals surface area (Å²) in [4.78, 5) is 16.7. The van der Waals surface area contributed by atoms with E-state index in [1.807, 2.05) is 61.5 Å². The number of amides is 1. The molecule has 150 valence electrons. The van der Waals surface area contributed by atoms with Crippen molar-refractivity contribution >= 4 is 16.8 Å². The van der Waals surface area contributed by atoms with Crippen LogP contribution in [0.3, 0.4) is 0 Å². The van der Waals surface area contributed by atoms with Gasteiger partial charge in [-0.2, -0.15) is 0 Å². The normalized spacial score (nSPS) is 17.2. The molecule has 1 saturated heterocycles.